The van der Waals surface area contributed by atoms with Gasteiger partial charge >= 0.3 is 5.97 Å². The van der Waals surface area contributed by atoms with Crippen LogP contribution in [-0.2, 0) is 15.1 Å². The molecule has 0 saturated carbocycles. The van der Waals surface area contributed by atoms with E-state index < -0.39 is 89.2 Å². The van der Waals surface area contributed by atoms with Crippen molar-refractivity contribution in [2.75, 3.05) is 13.1 Å². The van der Waals surface area contributed by atoms with Crippen LogP contribution in [-0.4, -0.2) is 46.8 Å². The van der Waals surface area contributed by atoms with Crippen LogP contribution in [0.25, 0.3) is 0 Å². The maximum absolute atomic E-state index is 13.9. The largest absolute Gasteiger partial charge is 0.459 e. The van der Waals surface area contributed by atoms with E-state index in [9.17, 15) is 9.90 Å². The Morgan fingerprint density at radius 3 is 1.90 bits per heavy atom. The fourth-order valence-corrected chi connectivity index (χ4v) is 5.29. The summed E-state index contributed by atoms with van der Waals surface area (Å²) in [5.41, 5.74) is -5.13. The molecule has 5 rings (SSSR count). The second kappa shape index (κ2) is 7.12. The van der Waals surface area contributed by atoms with Gasteiger partial charge in [-0.15, -0.1) is 0 Å². The molecule has 1 unspecified atom stereocenters. The van der Waals surface area contributed by atoms with Gasteiger partial charge in [-0.25, -0.2) is 4.79 Å². The third-order valence-electron chi connectivity index (χ3n) is 6.71. The summed E-state index contributed by atoms with van der Waals surface area (Å²) in [7, 11) is 0. The monoisotopic (exact) mass is 400 g/mol. The maximum Gasteiger partial charge on any atom is 0.347 e. The molecule has 2 aromatic carbocycles. The number of nitrogens with zero attached hydrogens (tertiary/aromatic N) is 1. The molecule has 2 fully saturated rings. The highest BCUT2D eigenvalue weighted by Gasteiger charge is 2.55. The zero-order valence-electron chi connectivity index (χ0n) is 25.8. The van der Waals surface area contributed by atoms with Crippen molar-refractivity contribution in [1.29, 1.82) is 0 Å². The number of hydrogen-bond acceptors (Lipinski definition) is 3. The van der Waals surface area contributed by atoms with Gasteiger partial charge in [-0.3, -0.25) is 0 Å². The first-order valence-electron chi connectivity index (χ1n) is 14.9. The van der Waals surface area contributed by atoms with Gasteiger partial charge in [0.2, 0.25) is 5.60 Å². The van der Waals surface area contributed by atoms with E-state index in [2.05, 4.69) is 12.2 Å². The van der Waals surface area contributed by atoms with Gasteiger partial charge in [-0.2, -0.15) is 0 Å². The van der Waals surface area contributed by atoms with E-state index in [0.29, 0.717) is 12.8 Å². The first-order valence-corrected chi connectivity index (χ1v) is 9.87. The lowest BCUT2D eigenvalue weighted by Gasteiger charge is -2.47. The summed E-state index contributed by atoms with van der Waals surface area (Å²) in [5.74, 6) is -1.45. The number of carbonyl (C=O) groups excluding carboxylic acids is 1. The van der Waals surface area contributed by atoms with Gasteiger partial charge in [-0.1, -0.05) is 60.4 Å². The third kappa shape index (κ3) is 2.93. The van der Waals surface area contributed by atoms with E-state index in [-0.39, 0.29) is 12.1 Å². The lowest BCUT2D eigenvalue weighted by molar-refractivity contribution is -0.952. The number of ether oxygens (including phenoxy) is 1. The number of carbonyl (C=O) groups is 1. The SMILES string of the molecule is [2H]c1c([2H])c([2H])c(C(O)(C(=O)OC2C[C@H]3CC[C@@H](C2)[N+]32CC=CC2)c2c([2H])c([2H])c([2H])c([2H])c2[2H])c([2H])c1[2H]. The first kappa shape index (κ1) is 10.6. The topological polar surface area (TPSA) is 46.5 Å². The maximum atomic E-state index is 13.9. The first-order chi connectivity index (χ1) is 18.3. The second-order valence-electron chi connectivity index (χ2n) is 8.03. The Labute approximate surface area is 186 Å². The molecule has 0 aromatic heterocycles. The van der Waals surface area contributed by atoms with Crippen molar-refractivity contribution in [3.8, 4) is 0 Å². The van der Waals surface area contributed by atoms with Gasteiger partial charge in [0.15, 0.2) is 0 Å². The van der Waals surface area contributed by atoms with E-state index >= 15 is 0 Å². The summed E-state index contributed by atoms with van der Waals surface area (Å²) in [6, 6.07) is -8.30. The number of benzene rings is 2. The summed E-state index contributed by atoms with van der Waals surface area (Å²) in [6.45, 7) is 1.79. The molecule has 3 atom stereocenters. The molecule has 0 amide bonds. The second-order valence-corrected chi connectivity index (χ2v) is 8.03. The number of piperidine rings is 1. The zero-order valence-corrected chi connectivity index (χ0v) is 15.8. The Kier molecular flexibility index (Phi) is 2.59. The van der Waals surface area contributed by atoms with Gasteiger partial charge in [0.1, 0.15) is 6.10 Å². The Hall–Kier alpha value is -2.43. The summed E-state index contributed by atoms with van der Waals surface area (Å²) >= 11 is 0. The molecule has 1 N–H and O–H groups in total. The summed E-state index contributed by atoms with van der Waals surface area (Å²) < 4.78 is 88.5. The van der Waals surface area contributed by atoms with Gasteiger partial charge < -0.3 is 14.3 Å². The number of rotatable bonds is 4. The fourth-order valence-electron chi connectivity index (χ4n) is 5.29. The summed E-state index contributed by atoms with van der Waals surface area (Å²) in [6.07, 6.45) is 6.48. The van der Waals surface area contributed by atoms with Gasteiger partial charge in [0, 0.05) is 25.7 Å². The summed E-state index contributed by atoms with van der Waals surface area (Å²) in [4.78, 5) is 13.9. The van der Waals surface area contributed by atoms with Gasteiger partial charge in [0.25, 0.3) is 0 Å². The fraction of sp³-hybridized carbons (Fsp3) is 0.400. The van der Waals surface area contributed by atoms with Gasteiger partial charge in [0.05, 0.1) is 38.9 Å². The highest BCUT2D eigenvalue weighted by Crippen LogP contribution is 2.45. The van der Waals surface area contributed by atoms with Crippen LogP contribution >= 0.6 is 0 Å². The molecule has 150 valence electrons. The smallest absolute Gasteiger partial charge is 0.347 e. The van der Waals surface area contributed by atoms with Crippen LogP contribution in [0.2, 0.25) is 0 Å². The molecule has 0 radical (unpaired) electrons. The van der Waals surface area contributed by atoms with E-state index in [1.165, 1.54) is 0 Å². The van der Waals surface area contributed by atoms with Crippen LogP contribution in [0, 0.1) is 0 Å². The Morgan fingerprint density at radius 2 is 1.41 bits per heavy atom. The average molecular weight is 401 g/mol. The Morgan fingerprint density at radius 1 is 0.931 bits per heavy atom. The van der Waals surface area contributed by atoms with Crippen molar-refractivity contribution in [2.24, 2.45) is 0 Å². The highest BCUT2D eigenvalue weighted by atomic mass is 16.6. The minimum atomic E-state index is -3.28. The molecule has 0 aliphatic carbocycles. The highest BCUT2D eigenvalue weighted by molar-refractivity contribution is 5.85. The van der Waals surface area contributed by atoms with E-state index in [1.54, 1.807) is 0 Å². The molecule has 4 heteroatoms. The molecule has 3 heterocycles. The number of aliphatic hydroxyl groups is 1. The normalized spacial score (nSPS) is 32.1. The minimum absolute atomic E-state index is 0.214. The molecule has 3 aliphatic rings. The molecule has 29 heavy (non-hydrogen) atoms. The predicted molar refractivity (Wildman–Crippen MR) is 111 cm³/mol. The van der Waals surface area contributed by atoms with Gasteiger partial charge in [-0.05, 0) is 23.3 Å². The van der Waals surface area contributed by atoms with Crippen LogP contribution in [0.3, 0.4) is 0 Å². The molecule has 4 nitrogen and oxygen atoms in total. The standard InChI is InChI=1S/C25H28NO3/c27-24(25(28,19-9-3-1-4-10-19)20-11-5-2-6-12-20)29-23-17-21-13-14-22(18-23)26(21)15-7-8-16-26/h1-12,21-23,28H,13-18H2/q+1/t21-,22+,23?/i1D,2D,3D,4D,5D,6D,9D,10D,11D,12D. The minimum Gasteiger partial charge on any atom is -0.459 e. The van der Waals surface area contributed by atoms with Crippen LogP contribution < -0.4 is 0 Å². The van der Waals surface area contributed by atoms with Crippen LogP contribution in [0.4, 0.5) is 0 Å². The van der Waals surface area contributed by atoms with Crippen molar-refractivity contribution in [3.05, 3.63) is 83.7 Å². The molecular weight excluding hydrogens is 362 g/mol. The summed E-state index contributed by atoms with van der Waals surface area (Å²) in [5, 5.41) is 12.1. The van der Waals surface area contributed by atoms with Crippen molar-refractivity contribution in [2.45, 2.75) is 49.5 Å². The van der Waals surface area contributed by atoms with E-state index in [0.717, 1.165) is 30.4 Å². The average Bonchev–Trinajstić information content (AvgIpc) is 3.45. The van der Waals surface area contributed by atoms with Crippen LogP contribution in [0.15, 0.2) is 72.6 Å². The van der Waals surface area contributed by atoms with E-state index in [4.69, 9.17) is 18.4 Å². The van der Waals surface area contributed by atoms with Crippen LogP contribution in [0.1, 0.15) is 50.5 Å². The lowest BCUT2D eigenvalue weighted by Crippen LogP contribution is -2.60. The van der Waals surface area contributed by atoms with Crippen molar-refractivity contribution in [3.63, 3.8) is 0 Å². The molecular formula is C25H28NO3+. The molecule has 2 bridgehead atoms. The molecule has 3 aliphatic heterocycles. The molecule has 1 spiro atoms. The predicted octanol–water partition coefficient (Wildman–Crippen LogP) is 3.55. The van der Waals surface area contributed by atoms with Crippen molar-refractivity contribution >= 4 is 5.97 Å². The quantitative estimate of drug-likeness (QED) is 0.485. The van der Waals surface area contributed by atoms with E-state index in [1.807, 2.05) is 0 Å². The number of hydrogen-bond donors (Lipinski definition) is 1. The lowest BCUT2D eigenvalue weighted by atomic mass is 9.86. The zero-order chi connectivity index (χ0) is 28.6. The van der Waals surface area contributed by atoms with Crippen molar-refractivity contribution < 1.29 is 32.8 Å². The molecule has 2 saturated heterocycles. The number of esters is 1. The molecule has 2 aromatic rings. The van der Waals surface area contributed by atoms with Crippen molar-refractivity contribution in [1.82, 2.24) is 0 Å². The Bertz CT molecular complexity index is 1280. The third-order valence-corrected chi connectivity index (χ3v) is 6.71. The number of quaternary nitrogens is 1. The Balaban J connectivity index is 1.65. The van der Waals surface area contributed by atoms with Crippen LogP contribution in [0.5, 0.6) is 0 Å².